The van der Waals surface area contributed by atoms with Crippen molar-refractivity contribution in [3.05, 3.63) is 71.3 Å². The lowest BCUT2D eigenvalue weighted by atomic mass is 9.90. The van der Waals surface area contributed by atoms with Crippen LogP contribution in [0.5, 0.6) is 0 Å². The van der Waals surface area contributed by atoms with Crippen molar-refractivity contribution in [1.82, 2.24) is 15.3 Å². The highest BCUT2D eigenvalue weighted by atomic mass is 35.5. The van der Waals surface area contributed by atoms with Crippen LogP contribution < -0.4 is 5.32 Å². The second-order valence-corrected chi connectivity index (χ2v) is 6.80. The third kappa shape index (κ3) is 4.06. The van der Waals surface area contributed by atoms with Crippen LogP contribution in [0.1, 0.15) is 29.9 Å². The Balaban J connectivity index is 1.70. The number of hydrogen-bond donors (Lipinski definition) is 1. The van der Waals surface area contributed by atoms with Gasteiger partial charge in [-0.25, -0.2) is 4.98 Å². The molecule has 0 unspecified atom stereocenters. The van der Waals surface area contributed by atoms with Gasteiger partial charge in [-0.3, -0.25) is 9.78 Å². The molecule has 3 aromatic rings. The summed E-state index contributed by atoms with van der Waals surface area (Å²) in [6.07, 6.45) is 4.61. The summed E-state index contributed by atoms with van der Waals surface area (Å²) in [5.41, 5.74) is 1.72. The Morgan fingerprint density at radius 3 is 2.72 bits per heavy atom. The molecule has 0 bridgehead atoms. The van der Waals surface area contributed by atoms with Gasteiger partial charge in [0.05, 0.1) is 16.3 Å². The molecule has 6 heteroatoms. The topological polar surface area (TPSA) is 68.0 Å². The number of benzene rings is 1. The lowest BCUT2D eigenvalue weighted by Crippen LogP contribution is -2.37. The first-order valence-electron chi connectivity index (χ1n) is 7.86. The van der Waals surface area contributed by atoms with E-state index >= 15 is 0 Å². The molecule has 5 nitrogen and oxygen atoms in total. The van der Waals surface area contributed by atoms with Crippen molar-refractivity contribution in [3.63, 3.8) is 0 Å². The van der Waals surface area contributed by atoms with Crippen LogP contribution in [0.25, 0.3) is 11.5 Å². The molecular weight excluding hydrogens is 338 g/mol. The van der Waals surface area contributed by atoms with Gasteiger partial charge in [0, 0.05) is 29.9 Å². The predicted molar refractivity (Wildman–Crippen MR) is 96.5 cm³/mol. The SMILES string of the molecule is CC(C)(CNC(=O)c1cncc(Cl)c1)c1coc(-c2ccccc2)n1. The number of carbonyl (C=O) groups excluding carboxylic acids is 1. The normalized spacial score (nSPS) is 11.3. The van der Waals surface area contributed by atoms with E-state index in [1.165, 1.54) is 12.4 Å². The summed E-state index contributed by atoms with van der Waals surface area (Å²) in [5, 5.41) is 3.32. The molecule has 0 aliphatic heterocycles. The summed E-state index contributed by atoms with van der Waals surface area (Å²) in [4.78, 5) is 20.7. The number of rotatable bonds is 5. The highest BCUT2D eigenvalue weighted by Crippen LogP contribution is 2.26. The van der Waals surface area contributed by atoms with Crippen LogP contribution >= 0.6 is 11.6 Å². The number of hydrogen-bond acceptors (Lipinski definition) is 4. The van der Waals surface area contributed by atoms with Gasteiger partial charge < -0.3 is 9.73 Å². The van der Waals surface area contributed by atoms with Crippen molar-refractivity contribution in [3.8, 4) is 11.5 Å². The molecule has 1 aromatic carbocycles. The highest BCUT2D eigenvalue weighted by Gasteiger charge is 2.26. The maximum Gasteiger partial charge on any atom is 0.252 e. The summed E-state index contributed by atoms with van der Waals surface area (Å²) in [6, 6.07) is 11.3. The molecule has 2 heterocycles. The Morgan fingerprint density at radius 2 is 2.00 bits per heavy atom. The minimum absolute atomic E-state index is 0.227. The minimum atomic E-state index is -0.391. The number of nitrogens with one attached hydrogen (secondary N) is 1. The maximum absolute atomic E-state index is 12.2. The first-order chi connectivity index (χ1) is 12.0. The number of nitrogens with zero attached hydrogens (tertiary/aromatic N) is 2. The number of aromatic nitrogens is 2. The third-order valence-corrected chi connectivity index (χ3v) is 4.08. The predicted octanol–water partition coefficient (Wildman–Crippen LogP) is 4.10. The first kappa shape index (κ1) is 17.2. The zero-order chi connectivity index (χ0) is 17.9. The van der Waals surface area contributed by atoms with Gasteiger partial charge in [0.15, 0.2) is 0 Å². The summed E-state index contributed by atoms with van der Waals surface area (Å²) in [6.45, 7) is 4.39. The molecule has 25 heavy (non-hydrogen) atoms. The van der Waals surface area contributed by atoms with E-state index in [0.29, 0.717) is 23.0 Å². The number of carbonyl (C=O) groups is 1. The van der Waals surface area contributed by atoms with Gasteiger partial charge in [-0.15, -0.1) is 0 Å². The van der Waals surface area contributed by atoms with Gasteiger partial charge in [0.2, 0.25) is 5.89 Å². The van der Waals surface area contributed by atoms with E-state index in [1.807, 2.05) is 44.2 Å². The zero-order valence-corrected chi connectivity index (χ0v) is 14.7. The second kappa shape index (κ2) is 7.07. The van der Waals surface area contributed by atoms with E-state index in [9.17, 15) is 4.79 Å². The van der Waals surface area contributed by atoms with Crippen LogP contribution in [-0.4, -0.2) is 22.4 Å². The van der Waals surface area contributed by atoms with Crippen LogP contribution in [0, 0.1) is 0 Å². The zero-order valence-electron chi connectivity index (χ0n) is 14.0. The fourth-order valence-corrected chi connectivity index (χ4v) is 2.50. The van der Waals surface area contributed by atoms with Crippen molar-refractivity contribution >= 4 is 17.5 Å². The Morgan fingerprint density at radius 1 is 1.24 bits per heavy atom. The Hall–Kier alpha value is -2.66. The molecule has 0 aliphatic rings. The smallest absolute Gasteiger partial charge is 0.252 e. The lowest BCUT2D eigenvalue weighted by Gasteiger charge is -2.22. The van der Waals surface area contributed by atoms with Crippen LogP contribution in [0.2, 0.25) is 5.02 Å². The quantitative estimate of drug-likeness (QED) is 0.748. The van der Waals surface area contributed by atoms with Gasteiger partial charge in [0.25, 0.3) is 5.91 Å². The summed E-state index contributed by atoms with van der Waals surface area (Å²) < 4.78 is 5.59. The van der Waals surface area contributed by atoms with Crippen LogP contribution in [-0.2, 0) is 5.41 Å². The number of oxazole rings is 1. The molecule has 0 atom stereocenters. The van der Waals surface area contributed by atoms with E-state index < -0.39 is 5.41 Å². The average molecular weight is 356 g/mol. The molecule has 0 saturated heterocycles. The van der Waals surface area contributed by atoms with Crippen LogP contribution in [0.3, 0.4) is 0 Å². The molecule has 1 N–H and O–H groups in total. The van der Waals surface area contributed by atoms with E-state index in [4.69, 9.17) is 16.0 Å². The van der Waals surface area contributed by atoms with E-state index in [1.54, 1.807) is 12.3 Å². The van der Waals surface area contributed by atoms with Gasteiger partial charge in [-0.2, -0.15) is 0 Å². The van der Waals surface area contributed by atoms with Crippen molar-refractivity contribution in [1.29, 1.82) is 0 Å². The number of halogens is 1. The van der Waals surface area contributed by atoms with Gasteiger partial charge in [-0.05, 0) is 18.2 Å². The van der Waals surface area contributed by atoms with Crippen molar-refractivity contribution < 1.29 is 9.21 Å². The molecule has 0 saturated carbocycles. The number of amides is 1. The van der Waals surface area contributed by atoms with Crippen LogP contribution in [0.4, 0.5) is 0 Å². The Bertz CT molecular complexity index is 875. The molecule has 2 aromatic heterocycles. The molecule has 0 radical (unpaired) electrons. The van der Waals surface area contributed by atoms with E-state index in [0.717, 1.165) is 11.3 Å². The molecule has 1 amide bonds. The van der Waals surface area contributed by atoms with Gasteiger partial charge in [-0.1, -0.05) is 43.6 Å². The average Bonchev–Trinajstić information content (AvgIpc) is 3.12. The summed E-state index contributed by atoms with van der Waals surface area (Å²) in [5.74, 6) is 0.337. The van der Waals surface area contributed by atoms with E-state index in [-0.39, 0.29) is 5.91 Å². The lowest BCUT2D eigenvalue weighted by molar-refractivity contribution is 0.0945. The van der Waals surface area contributed by atoms with Crippen molar-refractivity contribution in [2.75, 3.05) is 6.54 Å². The Kier molecular flexibility index (Phi) is 4.86. The highest BCUT2D eigenvalue weighted by molar-refractivity contribution is 6.30. The van der Waals surface area contributed by atoms with Gasteiger partial charge in [0.1, 0.15) is 6.26 Å². The molecule has 3 rings (SSSR count). The van der Waals surface area contributed by atoms with Crippen molar-refractivity contribution in [2.24, 2.45) is 0 Å². The van der Waals surface area contributed by atoms with E-state index in [2.05, 4.69) is 15.3 Å². The summed E-state index contributed by atoms with van der Waals surface area (Å²) in [7, 11) is 0. The molecular formula is C19H18ClN3O2. The fraction of sp³-hybridized carbons (Fsp3) is 0.211. The third-order valence-electron chi connectivity index (χ3n) is 3.88. The van der Waals surface area contributed by atoms with Crippen LogP contribution in [0.15, 0.2) is 59.5 Å². The first-order valence-corrected chi connectivity index (χ1v) is 8.24. The summed E-state index contributed by atoms with van der Waals surface area (Å²) >= 11 is 5.87. The molecule has 0 fully saturated rings. The fourth-order valence-electron chi connectivity index (χ4n) is 2.33. The molecule has 0 spiro atoms. The van der Waals surface area contributed by atoms with Crippen molar-refractivity contribution in [2.45, 2.75) is 19.3 Å². The second-order valence-electron chi connectivity index (χ2n) is 6.36. The molecule has 128 valence electrons. The largest absolute Gasteiger partial charge is 0.444 e. The minimum Gasteiger partial charge on any atom is -0.444 e. The molecule has 0 aliphatic carbocycles. The number of pyridine rings is 1. The maximum atomic E-state index is 12.2. The standard InChI is InChI=1S/C19H18ClN3O2/c1-19(2,12-22-17(24)14-8-15(20)10-21-9-14)16-11-25-18(23-16)13-6-4-3-5-7-13/h3-11H,12H2,1-2H3,(H,22,24). The van der Waals surface area contributed by atoms with Gasteiger partial charge >= 0.3 is 0 Å². The monoisotopic (exact) mass is 355 g/mol. The Labute approximate surface area is 151 Å².